The predicted octanol–water partition coefficient (Wildman–Crippen LogP) is 10.1. The van der Waals surface area contributed by atoms with E-state index in [0.717, 1.165) is 28.3 Å². The van der Waals surface area contributed by atoms with E-state index in [0.29, 0.717) is 0 Å². The summed E-state index contributed by atoms with van der Waals surface area (Å²) in [5.74, 6) is 0. The summed E-state index contributed by atoms with van der Waals surface area (Å²) in [7, 11) is 0. The number of aromatic nitrogens is 3. The zero-order valence-corrected chi connectivity index (χ0v) is 24.9. The molecule has 214 valence electrons. The summed E-state index contributed by atoms with van der Waals surface area (Å²) < 4.78 is 2.16. The molecule has 8 aromatic rings. The summed E-state index contributed by atoms with van der Waals surface area (Å²) in [6.45, 7) is 0. The molecule has 0 radical (unpaired) electrons. The molecule has 3 aromatic heterocycles. The van der Waals surface area contributed by atoms with E-state index in [4.69, 9.17) is 4.98 Å². The Morgan fingerprint density at radius 2 is 1.04 bits per heavy atom. The lowest BCUT2D eigenvalue weighted by Crippen LogP contribution is -2.25. The van der Waals surface area contributed by atoms with Gasteiger partial charge >= 0.3 is 0 Å². The number of rotatable bonds is 3. The first-order chi connectivity index (χ1) is 22.8. The summed E-state index contributed by atoms with van der Waals surface area (Å²) >= 11 is 0. The van der Waals surface area contributed by atoms with Gasteiger partial charge in [-0.05, 0) is 79.9 Å². The van der Waals surface area contributed by atoms with Gasteiger partial charge in [-0.15, -0.1) is 0 Å². The second-order valence-electron chi connectivity index (χ2n) is 12.1. The molecular weight excluding hydrogens is 558 g/mol. The maximum absolute atomic E-state index is 4.99. The minimum Gasteiger partial charge on any atom is -0.299 e. The summed E-state index contributed by atoms with van der Waals surface area (Å²) in [4.78, 5) is 9.64. The third-order valence-corrected chi connectivity index (χ3v) is 9.93. The number of imidazole rings is 1. The number of fused-ring (bicyclic) bond motifs is 11. The van der Waals surface area contributed by atoms with Gasteiger partial charge in [-0.25, -0.2) is 4.98 Å². The van der Waals surface area contributed by atoms with Crippen molar-refractivity contribution in [3.05, 3.63) is 186 Å². The van der Waals surface area contributed by atoms with Crippen LogP contribution in [-0.2, 0) is 5.41 Å². The second kappa shape index (κ2) is 9.47. The van der Waals surface area contributed by atoms with Crippen LogP contribution in [0.3, 0.4) is 0 Å². The molecule has 5 aromatic carbocycles. The Balaban J connectivity index is 1.18. The van der Waals surface area contributed by atoms with Crippen LogP contribution in [0.4, 0.5) is 0 Å². The molecule has 3 nitrogen and oxygen atoms in total. The lowest BCUT2D eigenvalue weighted by Gasteiger charge is -2.30. The first-order valence-electron chi connectivity index (χ1n) is 15.8. The quantitative estimate of drug-likeness (QED) is 0.207. The molecule has 10 rings (SSSR count). The van der Waals surface area contributed by atoms with E-state index in [1.54, 1.807) is 0 Å². The standard InChI is InChI=1S/C43H27N3/c1-4-16-34-31(12-1)32-13-2-5-17-35(32)43(34)36-18-6-3-14-33(36)40-30(15-11-19-37(40)43)28-22-24-29(25-23-28)42-41(38-20-7-9-26-44-38)45-39-21-8-10-27-46(39)42/h1-27H. The largest absolute Gasteiger partial charge is 0.299 e. The highest BCUT2D eigenvalue weighted by atomic mass is 15.0. The molecule has 0 amide bonds. The lowest BCUT2D eigenvalue weighted by atomic mass is 9.70. The predicted molar refractivity (Wildman–Crippen MR) is 186 cm³/mol. The molecule has 0 atom stereocenters. The van der Waals surface area contributed by atoms with Crippen molar-refractivity contribution < 1.29 is 0 Å². The van der Waals surface area contributed by atoms with Gasteiger partial charge < -0.3 is 0 Å². The van der Waals surface area contributed by atoms with E-state index in [1.807, 2.05) is 36.5 Å². The molecule has 3 heterocycles. The van der Waals surface area contributed by atoms with E-state index in [1.165, 1.54) is 55.6 Å². The van der Waals surface area contributed by atoms with Gasteiger partial charge in [0.15, 0.2) is 0 Å². The number of hydrogen-bond donors (Lipinski definition) is 0. The molecule has 0 saturated carbocycles. The van der Waals surface area contributed by atoms with Gasteiger partial charge in [0.25, 0.3) is 0 Å². The fourth-order valence-electron chi connectivity index (χ4n) is 8.14. The van der Waals surface area contributed by atoms with E-state index in [9.17, 15) is 0 Å². The zero-order valence-electron chi connectivity index (χ0n) is 24.9. The molecule has 0 bridgehead atoms. The van der Waals surface area contributed by atoms with E-state index < -0.39 is 0 Å². The van der Waals surface area contributed by atoms with Crippen LogP contribution < -0.4 is 0 Å². The Hall–Kier alpha value is -6.06. The maximum Gasteiger partial charge on any atom is 0.138 e. The van der Waals surface area contributed by atoms with Crippen LogP contribution in [0.1, 0.15) is 22.3 Å². The van der Waals surface area contributed by atoms with Crippen LogP contribution >= 0.6 is 0 Å². The fraction of sp³-hybridized carbons (Fsp3) is 0.0233. The highest BCUT2D eigenvalue weighted by Crippen LogP contribution is 2.63. The molecule has 0 aliphatic heterocycles. The monoisotopic (exact) mass is 585 g/mol. The number of hydrogen-bond acceptors (Lipinski definition) is 2. The number of nitrogens with zero attached hydrogens (tertiary/aromatic N) is 3. The highest BCUT2D eigenvalue weighted by molar-refractivity contribution is 6.00. The van der Waals surface area contributed by atoms with Crippen LogP contribution in [0.15, 0.2) is 164 Å². The normalized spacial score (nSPS) is 13.4. The summed E-state index contributed by atoms with van der Waals surface area (Å²) in [5, 5.41) is 0. The SMILES string of the molecule is c1ccc(-c2nc3ccccn3c2-c2ccc(-c3cccc4c3-c3ccccc3C43c4ccccc4-c4ccccc43)cc2)nc1. The van der Waals surface area contributed by atoms with E-state index in [2.05, 4.69) is 137 Å². The molecule has 2 aliphatic carbocycles. The average Bonchev–Trinajstić information content (AvgIpc) is 3.77. The van der Waals surface area contributed by atoms with Crippen molar-refractivity contribution in [1.82, 2.24) is 14.4 Å². The number of benzene rings is 5. The third-order valence-electron chi connectivity index (χ3n) is 9.93. The van der Waals surface area contributed by atoms with Crippen LogP contribution in [0, 0.1) is 0 Å². The van der Waals surface area contributed by atoms with Crippen molar-refractivity contribution >= 4 is 5.65 Å². The zero-order chi connectivity index (χ0) is 30.2. The average molecular weight is 586 g/mol. The summed E-state index contributed by atoms with van der Waals surface area (Å²) in [5.41, 5.74) is 17.6. The van der Waals surface area contributed by atoms with Gasteiger partial charge in [0.05, 0.1) is 16.8 Å². The molecule has 2 aliphatic rings. The molecule has 0 saturated heterocycles. The van der Waals surface area contributed by atoms with Crippen LogP contribution in [0.25, 0.3) is 61.7 Å². The Bertz CT molecular complexity index is 2420. The molecule has 0 unspecified atom stereocenters. The number of pyridine rings is 2. The molecule has 0 N–H and O–H groups in total. The van der Waals surface area contributed by atoms with Crippen molar-refractivity contribution in [3.63, 3.8) is 0 Å². The van der Waals surface area contributed by atoms with Crippen molar-refractivity contribution in [3.8, 4) is 56.0 Å². The molecular formula is C43H27N3. The minimum atomic E-state index is -0.344. The smallest absolute Gasteiger partial charge is 0.138 e. The Labute approximate surface area is 267 Å². The van der Waals surface area contributed by atoms with E-state index >= 15 is 0 Å². The summed E-state index contributed by atoms with van der Waals surface area (Å²) in [6, 6.07) is 54.9. The third kappa shape index (κ3) is 3.26. The van der Waals surface area contributed by atoms with Gasteiger partial charge in [0.2, 0.25) is 0 Å². The maximum atomic E-state index is 4.99. The van der Waals surface area contributed by atoms with Gasteiger partial charge in [0.1, 0.15) is 11.3 Å². The topological polar surface area (TPSA) is 30.2 Å². The minimum absolute atomic E-state index is 0.344. The van der Waals surface area contributed by atoms with Crippen LogP contribution in [0.2, 0.25) is 0 Å². The summed E-state index contributed by atoms with van der Waals surface area (Å²) in [6.07, 6.45) is 3.91. The van der Waals surface area contributed by atoms with Crippen LogP contribution in [0.5, 0.6) is 0 Å². The Kier molecular flexibility index (Phi) is 5.20. The fourth-order valence-corrected chi connectivity index (χ4v) is 8.14. The first-order valence-corrected chi connectivity index (χ1v) is 15.8. The van der Waals surface area contributed by atoms with Crippen molar-refractivity contribution in [2.75, 3.05) is 0 Å². The van der Waals surface area contributed by atoms with Crippen molar-refractivity contribution in [1.29, 1.82) is 0 Å². The van der Waals surface area contributed by atoms with Crippen molar-refractivity contribution in [2.45, 2.75) is 5.41 Å². The molecule has 0 fully saturated rings. The van der Waals surface area contributed by atoms with Gasteiger partial charge in [-0.2, -0.15) is 0 Å². The first kappa shape index (κ1) is 25.3. The Morgan fingerprint density at radius 3 is 1.76 bits per heavy atom. The van der Waals surface area contributed by atoms with Gasteiger partial charge in [-0.3, -0.25) is 9.38 Å². The molecule has 46 heavy (non-hydrogen) atoms. The second-order valence-corrected chi connectivity index (χ2v) is 12.1. The molecule has 3 heteroatoms. The lowest BCUT2D eigenvalue weighted by molar-refractivity contribution is 0.794. The molecule has 1 spiro atoms. The van der Waals surface area contributed by atoms with Gasteiger partial charge in [0, 0.05) is 18.0 Å². The highest BCUT2D eigenvalue weighted by Gasteiger charge is 2.51. The van der Waals surface area contributed by atoms with Gasteiger partial charge in [-0.1, -0.05) is 127 Å². The Morgan fingerprint density at radius 1 is 0.457 bits per heavy atom. The van der Waals surface area contributed by atoms with E-state index in [-0.39, 0.29) is 5.41 Å². The van der Waals surface area contributed by atoms with Crippen LogP contribution in [-0.4, -0.2) is 14.4 Å². The van der Waals surface area contributed by atoms with Crippen molar-refractivity contribution in [2.24, 2.45) is 0 Å².